The van der Waals surface area contributed by atoms with Crippen LogP contribution in [0.15, 0.2) is 23.1 Å². The SMILES string of the molecule is CC(=O)N(C)c1ccc(C)c(S(=O)(=O)NC(C)(C)C)c1. The number of sulfonamides is 1. The van der Waals surface area contributed by atoms with Gasteiger partial charge in [-0.05, 0) is 45.4 Å². The monoisotopic (exact) mass is 298 g/mol. The van der Waals surface area contributed by atoms with E-state index in [1.54, 1.807) is 46.9 Å². The zero-order valence-corrected chi connectivity index (χ0v) is 13.6. The molecule has 0 radical (unpaired) electrons. The number of benzene rings is 1. The first-order valence-electron chi connectivity index (χ1n) is 6.33. The normalized spacial score (nSPS) is 12.3. The zero-order valence-electron chi connectivity index (χ0n) is 12.8. The molecule has 0 aliphatic rings. The molecule has 1 rings (SSSR count). The maximum atomic E-state index is 12.4. The summed E-state index contributed by atoms with van der Waals surface area (Å²) in [4.78, 5) is 13.0. The molecule has 0 heterocycles. The number of carbonyl (C=O) groups excluding carboxylic acids is 1. The predicted molar refractivity (Wildman–Crippen MR) is 80.3 cm³/mol. The van der Waals surface area contributed by atoms with E-state index in [1.165, 1.54) is 17.9 Å². The van der Waals surface area contributed by atoms with Crippen LogP contribution in [0.2, 0.25) is 0 Å². The topological polar surface area (TPSA) is 66.5 Å². The van der Waals surface area contributed by atoms with Crippen LogP contribution >= 0.6 is 0 Å². The quantitative estimate of drug-likeness (QED) is 0.928. The Kier molecular flexibility index (Phi) is 4.61. The number of hydrogen-bond donors (Lipinski definition) is 1. The molecule has 0 aromatic heterocycles. The van der Waals surface area contributed by atoms with Gasteiger partial charge in [-0.2, -0.15) is 0 Å². The molecule has 0 aliphatic heterocycles. The van der Waals surface area contributed by atoms with E-state index in [4.69, 9.17) is 0 Å². The smallest absolute Gasteiger partial charge is 0.241 e. The van der Waals surface area contributed by atoms with Crippen LogP contribution in [0.4, 0.5) is 5.69 Å². The maximum Gasteiger partial charge on any atom is 0.241 e. The van der Waals surface area contributed by atoms with Crippen molar-refractivity contribution < 1.29 is 13.2 Å². The van der Waals surface area contributed by atoms with E-state index < -0.39 is 15.6 Å². The Hall–Kier alpha value is -1.40. The van der Waals surface area contributed by atoms with E-state index in [-0.39, 0.29) is 10.8 Å². The van der Waals surface area contributed by atoms with E-state index in [0.29, 0.717) is 11.3 Å². The largest absolute Gasteiger partial charge is 0.316 e. The molecule has 0 atom stereocenters. The van der Waals surface area contributed by atoms with Gasteiger partial charge in [0.1, 0.15) is 0 Å². The van der Waals surface area contributed by atoms with Gasteiger partial charge in [0, 0.05) is 25.2 Å². The molecule has 1 N–H and O–H groups in total. The molecule has 112 valence electrons. The molecule has 1 amide bonds. The van der Waals surface area contributed by atoms with Gasteiger partial charge in [-0.1, -0.05) is 6.07 Å². The highest BCUT2D eigenvalue weighted by atomic mass is 32.2. The van der Waals surface area contributed by atoms with E-state index >= 15 is 0 Å². The highest BCUT2D eigenvalue weighted by molar-refractivity contribution is 7.89. The van der Waals surface area contributed by atoms with Crippen LogP contribution in [0, 0.1) is 6.92 Å². The van der Waals surface area contributed by atoms with Crippen molar-refractivity contribution in [1.29, 1.82) is 0 Å². The van der Waals surface area contributed by atoms with Gasteiger partial charge < -0.3 is 4.90 Å². The van der Waals surface area contributed by atoms with Crippen molar-refractivity contribution in [1.82, 2.24) is 4.72 Å². The second kappa shape index (κ2) is 5.54. The molecule has 0 unspecified atom stereocenters. The summed E-state index contributed by atoms with van der Waals surface area (Å²) in [7, 11) is -2.01. The number of anilines is 1. The van der Waals surface area contributed by atoms with Crippen LogP contribution in [0.5, 0.6) is 0 Å². The van der Waals surface area contributed by atoms with E-state index in [9.17, 15) is 13.2 Å². The lowest BCUT2D eigenvalue weighted by molar-refractivity contribution is -0.116. The molecule has 0 aliphatic carbocycles. The third-order valence-corrected chi connectivity index (χ3v) is 4.66. The van der Waals surface area contributed by atoms with Crippen LogP contribution in [-0.2, 0) is 14.8 Å². The van der Waals surface area contributed by atoms with Crippen molar-refractivity contribution in [3.63, 3.8) is 0 Å². The standard InChI is InChI=1S/C14H22N2O3S/c1-10-7-8-12(16(6)11(2)17)9-13(10)20(18,19)15-14(3,4)5/h7-9,15H,1-6H3. The number of nitrogens with zero attached hydrogens (tertiary/aromatic N) is 1. The van der Waals surface area contributed by atoms with Crippen LogP contribution in [-0.4, -0.2) is 26.9 Å². The van der Waals surface area contributed by atoms with E-state index in [2.05, 4.69) is 4.72 Å². The summed E-state index contributed by atoms with van der Waals surface area (Å²) in [6, 6.07) is 4.95. The average Bonchev–Trinajstić information content (AvgIpc) is 2.25. The third kappa shape index (κ3) is 4.05. The number of rotatable bonds is 3. The van der Waals surface area contributed by atoms with Gasteiger partial charge in [0.15, 0.2) is 0 Å². The fraction of sp³-hybridized carbons (Fsp3) is 0.500. The Morgan fingerprint density at radius 2 is 1.80 bits per heavy atom. The minimum absolute atomic E-state index is 0.152. The molecule has 0 saturated carbocycles. The number of hydrogen-bond acceptors (Lipinski definition) is 3. The van der Waals surface area contributed by atoms with Crippen LogP contribution < -0.4 is 9.62 Å². The lowest BCUT2D eigenvalue weighted by atomic mass is 10.1. The highest BCUT2D eigenvalue weighted by Gasteiger charge is 2.24. The molecule has 0 saturated heterocycles. The average molecular weight is 298 g/mol. The van der Waals surface area contributed by atoms with Gasteiger partial charge in [0.25, 0.3) is 0 Å². The second-order valence-corrected chi connectivity index (χ2v) is 7.53. The Morgan fingerprint density at radius 1 is 1.25 bits per heavy atom. The zero-order chi connectivity index (χ0) is 15.7. The van der Waals surface area contributed by atoms with Gasteiger partial charge in [-0.25, -0.2) is 13.1 Å². The van der Waals surface area contributed by atoms with Crippen molar-refractivity contribution in [2.24, 2.45) is 0 Å². The molecule has 6 heteroatoms. The van der Waals surface area contributed by atoms with E-state index in [1.807, 2.05) is 0 Å². The summed E-state index contributed by atoms with van der Waals surface area (Å²) in [6.07, 6.45) is 0. The fourth-order valence-electron chi connectivity index (χ4n) is 1.73. The van der Waals surface area contributed by atoms with E-state index in [0.717, 1.165) is 0 Å². The lowest BCUT2D eigenvalue weighted by Gasteiger charge is -2.22. The van der Waals surface area contributed by atoms with Crippen LogP contribution in [0.3, 0.4) is 0 Å². The first-order valence-corrected chi connectivity index (χ1v) is 7.81. The summed E-state index contributed by atoms with van der Waals surface area (Å²) >= 11 is 0. The molecular weight excluding hydrogens is 276 g/mol. The number of nitrogens with one attached hydrogen (secondary N) is 1. The minimum Gasteiger partial charge on any atom is -0.316 e. The number of carbonyl (C=O) groups is 1. The molecular formula is C14H22N2O3S. The van der Waals surface area contributed by atoms with Crippen LogP contribution in [0.1, 0.15) is 33.3 Å². The summed E-state index contributed by atoms with van der Waals surface area (Å²) in [6.45, 7) is 8.51. The van der Waals surface area contributed by atoms with Crippen molar-refractivity contribution in [3.05, 3.63) is 23.8 Å². The fourth-order valence-corrected chi connectivity index (χ4v) is 3.41. The third-order valence-electron chi connectivity index (χ3n) is 2.76. The summed E-state index contributed by atoms with van der Waals surface area (Å²) in [5.74, 6) is -0.152. The maximum absolute atomic E-state index is 12.4. The molecule has 20 heavy (non-hydrogen) atoms. The Labute approximate surface area is 121 Å². The van der Waals surface area contributed by atoms with Crippen molar-refractivity contribution >= 4 is 21.6 Å². The Balaban J connectivity index is 3.31. The molecule has 5 nitrogen and oxygen atoms in total. The van der Waals surface area contributed by atoms with Gasteiger partial charge in [0.2, 0.25) is 15.9 Å². The summed E-state index contributed by atoms with van der Waals surface area (Å²) < 4.78 is 27.4. The minimum atomic E-state index is -3.62. The van der Waals surface area contributed by atoms with Gasteiger partial charge in [-0.3, -0.25) is 4.79 Å². The number of amides is 1. The predicted octanol–water partition coefficient (Wildman–Crippen LogP) is 2.05. The Bertz CT molecular complexity index is 616. The molecule has 0 bridgehead atoms. The molecule has 0 fully saturated rings. The van der Waals surface area contributed by atoms with Crippen molar-refractivity contribution in [2.75, 3.05) is 11.9 Å². The lowest BCUT2D eigenvalue weighted by Crippen LogP contribution is -2.40. The Morgan fingerprint density at radius 3 is 2.25 bits per heavy atom. The van der Waals surface area contributed by atoms with Crippen LogP contribution in [0.25, 0.3) is 0 Å². The highest BCUT2D eigenvalue weighted by Crippen LogP contribution is 2.23. The molecule has 1 aromatic rings. The molecule has 0 spiro atoms. The molecule has 1 aromatic carbocycles. The van der Waals surface area contributed by atoms with Crippen molar-refractivity contribution in [3.8, 4) is 0 Å². The summed E-state index contributed by atoms with van der Waals surface area (Å²) in [5.41, 5.74) is 0.633. The second-order valence-electron chi connectivity index (χ2n) is 5.88. The summed E-state index contributed by atoms with van der Waals surface area (Å²) in [5, 5.41) is 0. The van der Waals surface area contributed by atoms with Gasteiger partial charge in [-0.15, -0.1) is 0 Å². The first kappa shape index (κ1) is 16.7. The number of aryl methyl sites for hydroxylation is 1. The van der Waals surface area contributed by atoms with Crippen molar-refractivity contribution in [2.45, 2.75) is 45.1 Å². The van der Waals surface area contributed by atoms with Gasteiger partial charge >= 0.3 is 0 Å². The van der Waals surface area contributed by atoms with Gasteiger partial charge in [0.05, 0.1) is 4.90 Å². The first-order chi connectivity index (χ1) is 8.94.